The number of nitrogens with zero attached hydrogens (tertiary/aromatic N) is 1. The average molecular weight is 427 g/mol. The molecule has 0 spiro atoms. The van der Waals surface area contributed by atoms with Gasteiger partial charge in [0.1, 0.15) is 0 Å². The van der Waals surface area contributed by atoms with Gasteiger partial charge in [0.25, 0.3) is 0 Å². The maximum Gasteiger partial charge on any atom is 0.249 e. The highest BCUT2D eigenvalue weighted by Crippen LogP contribution is 2.40. The molecule has 1 aliphatic heterocycles. The van der Waals surface area contributed by atoms with Crippen molar-refractivity contribution in [1.29, 1.82) is 5.41 Å². The molecule has 0 aliphatic carbocycles. The molecule has 0 fully saturated rings. The van der Waals surface area contributed by atoms with Crippen molar-refractivity contribution >= 4 is 17.3 Å². The highest BCUT2D eigenvalue weighted by molar-refractivity contribution is 6.14. The molecular weight excluding hydrogens is 396 g/mol. The molecule has 4 N–H and O–H groups in total. The van der Waals surface area contributed by atoms with Gasteiger partial charge < -0.3 is 21.4 Å². The van der Waals surface area contributed by atoms with E-state index in [1.54, 1.807) is 6.07 Å². The van der Waals surface area contributed by atoms with Crippen LogP contribution in [0.2, 0.25) is 0 Å². The zero-order chi connectivity index (χ0) is 22.8. The van der Waals surface area contributed by atoms with Gasteiger partial charge in [0, 0.05) is 29.4 Å². The molecule has 1 aliphatic rings. The van der Waals surface area contributed by atoms with E-state index >= 15 is 0 Å². The number of carbonyl (C=O) groups excluding carboxylic acids is 1. The van der Waals surface area contributed by atoms with Crippen molar-refractivity contribution in [3.05, 3.63) is 100 Å². The Kier molecular flexibility index (Phi) is 6.10. The summed E-state index contributed by atoms with van der Waals surface area (Å²) in [6.07, 6.45) is 0.697. The summed E-state index contributed by atoms with van der Waals surface area (Å²) in [6.45, 7) is 2.95. The summed E-state index contributed by atoms with van der Waals surface area (Å²) in [7, 11) is 4.12. The van der Waals surface area contributed by atoms with Crippen molar-refractivity contribution in [2.75, 3.05) is 19.4 Å². The summed E-state index contributed by atoms with van der Waals surface area (Å²) in [6, 6.07) is 22.4. The van der Waals surface area contributed by atoms with Gasteiger partial charge in [-0.25, -0.2) is 0 Å². The number of primary amides is 1. The van der Waals surface area contributed by atoms with Crippen LogP contribution in [0.4, 0.5) is 5.69 Å². The largest absolute Gasteiger partial charge is 0.377 e. The second kappa shape index (κ2) is 8.97. The zero-order valence-corrected chi connectivity index (χ0v) is 18.9. The van der Waals surface area contributed by atoms with Gasteiger partial charge in [-0.05, 0) is 56.3 Å². The molecule has 0 saturated carbocycles. The lowest BCUT2D eigenvalue weighted by Gasteiger charge is -2.36. The van der Waals surface area contributed by atoms with Crippen LogP contribution < -0.4 is 11.1 Å². The average Bonchev–Trinajstić information content (AvgIpc) is 2.76. The lowest BCUT2D eigenvalue weighted by Crippen LogP contribution is -2.36. The number of fused-ring (bicyclic) bond motifs is 1. The monoisotopic (exact) mass is 426 g/mol. The summed E-state index contributed by atoms with van der Waals surface area (Å²) in [4.78, 5) is 14.2. The quantitative estimate of drug-likeness (QED) is 0.541. The maximum absolute atomic E-state index is 12.1. The van der Waals surface area contributed by atoms with Crippen LogP contribution in [-0.2, 0) is 13.0 Å². The van der Waals surface area contributed by atoms with Gasteiger partial charge >= 0.3 is 0 Å². The molecule has 164 valence electrons. The van der Waals surface area contributed by atoms with Crippen LogP contribution in [0.1, 0.15) is 44.2 Å². The van der Waals surface area contributed by atoms with E-state index < -0.39 is 5.91 Å². The van der Waals surface area contributed by atoms with Crippen LogP contribution >= 0.6 is 0 Å². The molecule has 0 aromatic heterocycles. The van der Waals surface area contributed by atoms with Crippen LogP contribution in [0, 0.1) is 18.3 Å². The zero-order valence-electron chi connectivity index (χ0n) is 18.9. The van der Waals surface area contributed by atoms with Gasteiger partial charge in [-0.1, -0.05) is 60.2 Å². The molecular formula is C27H30N4O. The number of carbonyl (C=O) groups is 1. The van der Waals surface area contributed by atoms with Gasteiger partial charge in [0.2, 0.25) is 5.91 Å². The first-order chi connectivity index (χ1) is 15.3. The number of nitrogens with two attached hydrogens (primary N) is 1. The summed E-state index contributed by atoms with van der Waals surface area (Å²) in [5, 5.41) is 12.7. The van der Waals surface area contributed by atoms with Crippen molar-refractivity contribution in [1.82, 2.24) is 4.90 Å². The predicted molar refractivity (Wildman–Crippen MR) is 130 cm³/mol. The summed E-state index contributed by atoms with van der Waals surface area (Å²) in [5.41, 5.74) is 12.7. The highest BCUT2D eigenvalue weighted by Gasteiger charge is 2.35. The number of hydrogen-bond donors (Lipinski definition) is 3. The standard InChI is InChI=1S/C27H30N4O/c1-17-7-9-18(10-8-17)15-22-25(28)24-21(27(29)32)5-4-6-23(24)30-26(22)20-13-11-19(12-14-20)16-31(2)3/h4-14,22,26,28,30H,15-16H2,1-3H3,(H2,29,32). The van der Waals surface area contributed by atoms with E-state index in [4.69, 9.17) is 11.1 Å². The number of hydrogen-bond acceptors (Lipinski definition) is 4. The Bertz CT molecular complexity index is 1130. The third-order valence-corrected chi connectivity index (χ3v) is 6.10. The number of anilines is 1. The van der Waals surface area contributed by atoms with E-state index in [-0.39, 0.29) is 12.0 Å². The van der Waals surface area contributed by atoms with Crippen LogP contribution in [0.3, 0.4) is 0 Å². The van der Waals surface area contributed by atoms with Gasteiger partial charge in [-0.3, -0.25) is 4.79 Å². The highest BCUT2D eigenvalue weighted by atomic mass is 16.1. The Morgan fingerprint density at radius 3 is 2.28 bits per heavy atom. The molecule has 0 bridgehead atoms. The van der Waals surface area contributed by atoms with Gasteiger partial charge in [-0.2, -0.15) is 0 Å². The van der Waals surface area contributed by atoms with Crippen molar-refractivity contribution < 1.29 is 4.79 Å². The summed E-state index contributed by atoms with van der Waals surface area (Å²) < 4.78 is 0. The van der Waals surface area contributed by atoms with E-state index in [0.29, 0.717) is 23.3 Å². The Hall–Kier alpha value is -3.44. The molecule has 4 rings (SSSR count). The Morgan fingerprint density at radius 1 is 1.00 bits per heavy atom. The van der Waals surface area contributed by atoms with E-state index in [0.717, 1.165) is 17.8 Å². The number of aryl methyl sites for hydroxylation is 1. The minimum absolute atomic E-state index is 0.0761. The summed E-state index contributed by atoms with van der Waals surface area (Å²) >= 11 is 0. The minimum Gasteiger partial charge on any atom is -0.377 e. The fraction of sp³-hybridized carbons (Fsp3) is 0.259. The second-order valence-corrected chi connectivity index (χ2v) is 8.90. The van der Waals surface area contributed by atoms with E-state index in [1.807, 2.05) is 12.1 Å². The topological polar surface area (TPSA) is 82.2 Å². The maximum atomic E-state index is 12.1. The third kappa shape index (κ3) is 4.43. The summed E-state index contributed by atoms with van der Waals surface area (Å²) in [5.74, 6) is -0.639. The lowest BCUT2D eigenvalue weighted by atomic mass is 9.77. The van der Waals surface area contributed by atoms with Crippen molar-refractivity contribution in [2.45, 2.75) is 25.9 Å². The molecule has 2 atom stereocenters. The van der Waals surface area contributed by atoms with Crippen LogP contribution in [0.25, 0.3) is 0 Å². The molecule has 3 aromatic carbocycles. The van der Waals surface area contributed by atoms with Crippen molar-refractivity contribution in [3.8, 4) is 0 Å². The molecule has 1 heterocycles. The van der Waals surface area contributed by atoms with E-state index in [9.17, 15) is 4.79 Å². The lowest BCUT2D eigenvalue weighted by molar-refractivity contribution is 0.1000. The van der Waals surface area contributed by atoms with Crippen molar-refractivity contribution in [2.24, 2.45) is 11.7 Å². The third-order valence-electron chi connectivity index (χ3n) is 6.10. The first kappa shape index (κ1) is 21.8. The fourth-order valence-electron chi connectivity index (χ4n) is 4.50. The van der Waals surface area contributed by atoms with Crippen LogP contribution in [-0.4, -0.2) is 30.6 Å². The molecule has 5 nitrogen and oxygen atoms in total. The Balaban J connectivity index is 1.75. The molecule has 0 radical (unpaired) electrons. The van der Waals surface area contributed by atoms with Crippen LogP contribution in [0.5, 0.6) is 0 Å². The molecule has 5 heteroatoms. The number of amides is 1. The SMILES string of the molecule is Cc1ccc(CC2C(=N)c3c(cccc3C(N)=O)NC2c2ccc(CN(C)C)cc2)cc1. The predicted octanol–water partition coefficient (Wildman–Crippen LogP) is 4.55. The molecule has 32 heavy (non-hydrogen) atoms. The first-order valence-corrected chi connectivity index (χ1v) is 10.9. The number of nitrogens with one attached hydrogen (secondary N) is 2. The minimum atomic E-state index is -0.506. The van der Waals surface area contributed by atoms with Gasteiger partial charge in [0.15, 0.2) is 0 Å². The van der Waals surface area contributed by atoms with Gasteiger partial charge in [-0.15, -0.1) is 0 Å². The normalized spacial score (nSPS) is 17.7. The van der Waals surface area contributed by atoms with E-state index in [2.05, 4.69) is 79.8 Å². The number of rotatable bonds is 6. The molecule has 0 saturated heterocycles. The van der Waals surface area contributed by atoms with Gasteiger partial charge in [0.05, 0.1) is 11.6 Å². The molecule has 2 unspecified atom stereocenters. The van der Waals surface area contributed by atoms with Crippen LogP contribution in [0.15, 0.2) is 66.7 Å². The number of benzene rings is 3. The van der Waals surface area contributed by atoms with Crippen molar-refractivity contribution in [3.63, 3.8) is 0 Å². The fourth-order valence-corrected chi connectivity index (χ4v) is 4.50. The Labute approximate surface area is 189 Å². The second-order valence-electron chi connectivity index (χ2n) is 8.90. The Morgan fingerprint density at radius 2 is 1.66 bits per heavy atom. The molecule has 3 aromatic rings. The first-order valence-electron chi connectivity index (χ1n) is 10.9. The smallest absolute Gasteiger partial charge is 0.249 e. The molecule has 1 amide bonds. The van der Waals surface area contributed by atoms with E-state index in [1.165, 1.54) is 16.7 Å².